The van der Waals surface area contributed by atoms with Gasteiger partial charge in [-0.2, -0.15) is 0 Å². The third-order valence-corrected chi connectivity index (χ3v) is 2.98. The Morgan fingerprint density at radius 3 is 2.55 bits per heavy atom. The molecule has 0 saturated carbocycles. The number of aliphatic hydroxyl groups excluding tert-OH is 1. The number of hydroxylamine groups is 2. The van der Waals surface area contributed by atoms with Crippen molar-refractivity contribution in [1.82, 2.24) is 5.06 Å². The molecule has 1 heterocycles. The molecule has 114 valence electrons. The molecule has 0 radical (unpaired) electrons. The fraction of sp³-hybridized carbons (Fsp3) is 0.769. The molecular formula is C13H21NO6. The molecule has 1 saturated heterocycles. The van der Waals surface area contributed by atoms with E-state index in [0.717, 1.165) is 12.8 Å². The second kappa shape index (κ2) is 8.65. The first-order valence-corrected chi connectivity index (χ1v) is 6.86. The smallest absolute Gasteiger partial charge is 0.338 e. The van der Waals surface area contributed by atoms with Crippen molar-refractivity contribution >= 4 is 17.8 Å². The molecular weight excluding hydrogens is 266 g/mol. The lowest BCUT2D eigenvalue weighted by atomic mass is 10.0. The minimum Gasteiger partial charge on any atom is -0.394 e. The van der Waals surface area contributed by atoms with E-state index in [-0.39, 0.29) is 32.7 Å². The second-order valence-electron chi connectivity index (χ2n) is 4.63. The molecule has 7 nitrogen and oxygen atoms in total. The van der Waals surface area contributed by atoms with E-state index < -0.39 is 23.7 Å². The number of hydrogen-bond acceptors (Lipinski definition) is 6. The third-order valence-electron chi connectivity index (χ3n) is 2.98. The Morgan fingerprint density at radius 1 is 1.35 bits per heavy atom. The number of amides is 2. The Bertz CT molecular complexity index is 341. The number of imide groups is 1. The number of rotatable bonds is 9. The summed E-state index contributed by atoms with van der Waals surface area (Å²) in [6.45, 7) is 2.11. The van der Waals surface area contributed by atoms with Crippen molar-refractivity contribution in [3.05, 3.63) is 0 Å². The fourth-order valence-corrected chi connectivity index (χ4v) is 1.83. The van der Waals surface area contributed by atoms with Gasteiger partial charge in [0.1, 0.15) is 0 Å². The lowest BCUT2D eigenvalue weighted by Crippen LogP contribution is -2.36. The largest absolute Gasteiger partial charge is 0.394 e. The van der Waals surface area contributed by atoms with Crippen LogP contribution < -0.4 is 0 Å². The predicted molar refractivity (Wildman–Crippen MR) is 68.1 cm³/mol. The van der Waals surface area contributed by atoms with E-state index in [1.807, 2.05) is 6.92 Å². The summed E-state index contributed by atoms with van der Waals surface area (Å²) in [7, 11) is 0. The van der Waals surface area contributed by atoms with Gasteiger partial charge in [0.05, 0.1) is 25.7 Å². The monoisotopic (exact) mass is 287 g/mol. The Morgan fingerprint density at radius 2 is 2.00 bits per heavy atom. The number of hydrogen-bond donors (Lipinski definition) is 1. The van der Waals surface area contributed by atoms with Crippen LogP contribution >= 0.6 is 0 Å². The molecule has 2 amide bonds. The minimum absolute atomic E-state index is 0.0761. The Balaban J connectivity index is 2.52. The molecule has 1 N–H and O–H groups in total. The summed E-state index contributed by atoms with van der Waals surface area (Å²) in [5, 5.41) is 9.20. The first-order chi connectivity index (χ1) is 9.60. The molecule has 1 unspecified atom stereocenters. The van der Waals surface area contributed by atoms with Crippen molar-refractivity contribution < 1.29 is 29.1 Å². The summed E-state index contributed by atoms with van der Waals surface area (Å²) < 4.78 is 5.14. The van der Waals surface area contributed by atoms with Gasteiger partial charge < -0.3 is 14.7 Å². The van der Waals surface area contributed by atoms with Gasteiger partial charge in [-0.25, -0.2) is 4.79 Å². The predicted octanol–water partition coefficient (Wildman–Crippen LogP) is 0.409. The molecule has 0 aromatic heterocycles. The number of aliphatic hydroxyl groups is 1. The number of carbonyl (C=O) groups is 3. The van der Waals surface area contributed by atoms with Gasteiger partial charge in [0.2, 0.25) is 0 Å². The van der Waals surface area contributed by atoms with Crippen LogP contribution in [0.15, 0.2) is 0 Å². The van der Waals surface area contributed by atoms with E-state index in [1.165, 1.54) is 0 Å². The summed E-state index contributed by atoms with van der Waals surface area (Å²) >= 11 is 0. The minimum atomic E-state index is -0.639. The topological polar surface area (TPSA) is 93.1 Å². The van der Waals surface area contributed by atoms with Gasteiger partial charge in [-0.05, 0) is 6.42 Å². The Labute approximate surface area is 117 Å². The number of nitrogens with zero attached hydrogens (tertiary/aromatic N) is 1. The highest BCUT2D eigenvalue weighted by Crippen LogP contribution is 2.17. The molecule has 7 heteroatoms. The molecule has 0 bridgehead atoms. The summed E-state index contributed by atoms with van der Waals surface area (Å²) in [6, 6.07) is 0. The van der Waals surface area contributed by atoms with Gasteiger partial charge in [0, 0.05) is 12.8 Å². The summed E-state index contributed by atoms with van der Waals surface area (Å²) in [6.07, 6.45) is 2.42. The van der Waals surface area contributed by atoms with Crippen LogP contribution in [-0.2, 0) is 24.0 Å². The van der Waals surface area contributed by atoms with E-state index >= 15 is 0 Å². The summed E-state index contributed by atoms with van der Waals surface area (Å²) in [5.41, 5.74) is 0. The van der Waals surface area contributed by atoms with E-state index in [1.54, 1.807) is 0 Å². The van der Waals surface area contributed by atoms with Gasteiger partial charge in [-0.15, -0.1) is 5.06 Å². The van der Waals surface area contributed by atoms with E-state index in [9.17, 15) is 14.4 Å². The Hall–Kier alpha value is -1.47. The second-order valence-corrected chi connectivity index (χ2v) is 4.63. The SMILES string of the molecule is CCCCC(COCCO)C(=O)ON1C(=O)CCC1=O. The molecule has 1 rings (SSSR count). The number of ether oxygens (including phenoxy) is 1. The Kier molecular flexibility index (Phi) is 7.17. The van der Waals surface area contributed by atoms with Crippen LogP contribution in [0.4, 0.5) is 0 Å². The average molecular weight is 287 g/mol. The quantitative estimate of drug-likeness (QED) is 0.487. The number of unbranched alkanes of at least 4 members (excludes halogenated alkanes) is 1. The molecule has 1 aliphatic heterocycles. The first-order valence-electron chi connectivity index (χ1n) is 6.86. The van der Waals surface area contributed by atoms with Gasteiger partial charge in [-0.1, -0.05) is 19.8 Å². The van der Waals surface area contributed by atoms with Crippen molar-refractivity contribution in [1.29, 1.82) is 0 Å². The van der Waals surface area contributed by atoms with E-state index in [0.29, 0.717) is 11.5 Å². The van der Waals surface area contributed by atoms with Crippen LogP contribution in [0.25, 0.3) is 0 Å². The molecule has 1 aliphatic rings. The average Bonchev–Trinajstić information content (AvgIpc) is 2.74. The standard InChI is InChI=1S/C13H21NO6/c1-2-3-4-10(9-19-8-7-15)13(18)20-14-11(16)5-6-12(14)17/h10,15H,2-9H2,1H3. The van der Waals surface area contributed by atoms with Crippen LogP contribution in [0.1, 0.15) is 39.0 Å². The van der Waals surface area contributed by atoms with Crippen LogP contribution in [0, 0.1) is 5.92 Å². The van der Waals surface area contributed by atoms with E-state index in [2.05, 4.69) is 0 Å². The van der Waals surface area contributed by atoms with Crippen molar-refractivity contribution in [3.8, 4) is 0 Å². The van der Waals surface area contributed by atoms with Crippen molar-refractivity contribution in [2.75, 3.05) is 19.8 Å². The molecule has 1 atom stereocenters. The zero-order chi connectivity index (χ0) is 15.0. The maximum atomic E-state index is 12.0. The highest BCUT2D eigenvalue weighted by atomic mass is 16.7. The molecule has 1 fully saturated rings. The molecule has 0 aliphatic carbocycles. The fourth-order valence-electron chi connectivity index (χ4n) is 1.83. The van der Waals surface area contributed by atoms with Crippen LogP contribution in [0.5, 0.6) is 0 Å². The summed E-state index contributed by atoms with van der Waals surface area (Å²) in [4.78, 5) is 39.6. The zero-order valence-electron chi connectivity index (χ0n) is 11.7. The van der Waals surface area contributed by atoms with Gasteiger partial charge in [0.25, 0.3) is 11.8 Å². The highest BCUT2D eigenvalue weighted by Gasteiger charge is 2.34. The van der Waals surface area contributed by atoms with Crippen LogP contribution in [-0.4, -0.2) is 47.8 Å². The normalized spacial score (nSPS) is 16.6. The van der Waals surface area contributed by atoms with Crippen LogP contribution in [0.3, 0.4) is 0 Å². The summed E-state index contributed by atoms with van der Waals surface area (Å²) in [5.74, 6) is -2.16. The van der Waals surface area contributed by atoms with Crippen molar-refractivity contribution in [2.45, 2.75) is 39.0 Å². The molecule has 20 heavy (non-hydrogen) atoms. The first kappa shape index (κ1) is 16.6. The maximum absolute atomic E-state index is 12.0. The van der Waals surface area contributed by atoms with Crippen molar-refractivity contribution in [2.24, 2.45) is 5.92 Å². The van der Waals surface area contributed by atoms with E-state index in [4.69, 9.17) is 14.7 Å². The highest BCUT2D eigenvalue weighted by molar-refractivity contribution is 6.01. The lowest BCUT2D eigenvalue weighted by Gasteiger charge is -2.18. The third kappa shape index (κ3) is 4.90. The van der Waals surface area contributed by atoms with Gasteiger partial charge in [0.15, 0.2) is 0 Å². The van der Waals surface area contributed by atoms with Gasteiger partial charge in [-0.3, -0.25) is 9.59 Å². The van der Waals surface area contributed by atoms with Crippen molar-refractivity contribution in [3.63, 3.8) is 0 Å². The molecule has 0 aromatic rings. The van der Waals surface area contributed by atoms with Crippen LogP contribution in [0.2, 0.25) is 0 Å². The zero-order valence-corrected chi connectivity index (χ0v) is 11.7. The number of carbonyl (C=O) groups excluding carboxylic acids is 3. The molecule has 0 spiro atoms. The lowest BCUT2D eigenvalue weighted by molar-refractivity contribution is -0.202. The maximum Gasteiger partial charge on any atom is 0.338 e. The molecule has 0 aromatic carbocycles. The van der Waals surface area contributed by atoms with Gasteiger partial charge >= 0.3 is 5.97 Å².